The molecule has 22 heavy (non-hydrogen) atoms. The Morgan fingerprint density at radius 1 is 1.27 bits per heavy atom. The van der Waals surface area contributed by atoms with Crippen LogP contribution in [0.1, 0.15) is 22.8 Å². The van der Waals surface area contributed by atoms with Crippen molar-refractivity contribution >= 4 is 17.7 Å². The van der Waals surface area contributed by atoms with Crippen molar-refractivity contribution in [3.8, 4) is 0 Å². The molecule has 0 unspecified atom stereocenters. The third kappa shape index (κ3) is 4.58. The first-order chi connectivity index (χ1) is 10.7. The van der Waals surface area contributed by atoms with E-state index in [-0.39, 0.29) is 12.5 Å². The maximum atomic E-state index is 12.3. The number of rotatable bonds is 7. The number of aromatic nitrogens is 1. The van der Waals surface area contributed by atoms with E-state index >= 15 is 0 Å². The molecular weight excluding hydrogens is 296 g/mol. The van der Waals surface area contributed by atoms with Crippen LogP contribution in [-0.4, -0.2) is 40.6 Å². The number of amides is 1. The molecule has 0 radical (unpaired) electrons. The van der Waals surface area contributed by atoms with E-state index in [9.17, 15) is 4.79 Å². The van der Waals surface area contributed by atoms with Gasteiger partial charge in [-0.3, -0.25) is 9.78 Å². The molecule has 1 heterocycles. The summed E-state index contributed by atoms with van der Waals surface area (Å²) in [6, 6.07) is 11.6. The van der Waals surface area contributed by atoms with E-state index in [1.807, 2.05) is 49.5 Å². The lowest BCUT2D eigenvalue weighted by Crippen LogP contribution is -2.33. The summed E-state index contributed by atoms with van der Waals surface area (Å²) in [6.07, 6.45) is 3.62. The van der Waals surface area contributed by atoms with Crippen LogP contribution in [-0.2, 0) is 5.75 Å². The second kappa shape index (κ2) is 8.56. The number of nitrogens with zero attached hydrogens (tertiary/aromatic N) is 2. The van der Waals surface area contributed by atoms with Crippen molar-refractivity contribution in [1.29, 1.82) is 0 Å². The number of likely N-dealkylation sites (N-methyl/N-ethyl adjacent to an activating group) is 1. The number of carbonyl (C=O) groups is 1. The molecule has 116 valence electrons. The van der Waals surface area contributed by atoms with Crippen LogP contribution < -0.4 is 0 Å². The van der Waals surface area contributed by atoms with E-state index in [0.29, 0.717) is 18.7 Å². The minimum absolute atomic E-state index is 0.0153. The number of aliphatic hydroxyl groups is 1. The number of thioether (sulfide) groups is 1. The summed E-state index contributed by atoms with van der Waals surface area (Å²) < 4.78 is 0. The highest BCUT2D eigenvalue weighted by atomic mass is 32.2. The number of carbonyl (C=O) groups excluding carboxylic acids is 1. The Labute approximate surface area is 135 Å². The highest BCUT2D eigenvalue weighted by Crippen LogP contribution is 2.23. The summed E-state index contributed by atoms with van der Waals surface area (Å²) >= 11 is 1.71. The molecule has 0 atom stereocenters. The zero-order valence-electron chi connectivity index (χ0n) is 12.6. The molecule has 2 rings (SSSR count). The Morgan fingerprint density at radius 3 is 2.64 bits per heavy atom. The molecule has 1 amide bonds. The molecule has 0 spiro atoms. The average Bonchev–Trinajstić information content (AvgIpc) is 2.58. The molecule has 0 fully saturated rings. The van der Waals surface area contributed by atoms with Crippen molar-refractivity contribution < 1.29 is 9.90 Å². The summed E-state index contributed by atoms with van der Waals surface area (Å²) in [5, 5.41) is 8.98. The fraction of sp³-hybridized carbons (Fsp3) is 0.294. The van der Waals surface area contributed by atoms with Crippen molar-refractivity contribution in [2.75, 3.05) is 19.7 Å². The molecule has 2 aromatic rings. The molecule has 1 aromatic heterocycles. The Morgan fingerprint density at radius 2 is 2.05 bits per heavy atom. The zero-order chi connectivity index (χ0) is 15.8. The first kappa shape index (κ1) is 16.5. The molecule has 0 saturated carbocycles. The third-order valence-corrected chi connectivity index (χ3v) is 4.35. The summed E-state index contributed by atoms with van der Waals surface area (Å²) in [7, 11) is 0. The summed E-state index contributed by atoms with van der Waals surface area (Å²) in [4.78, 5) is 19.1. The van der Waals surface area contributed by atoms with Gasteiger partial charge in [-0.2, -0.15) is 0 Å². The Balaban J connectivity index is 1.96. The zero-order valence-corrected chi connectivity index (χ0v) is 13.4. The van der Waals surface area contributed by atoms with Gasteiger partial charge in [-0.05, 0) is 42.8 Å². The van der Waals surface area contributed by atoms with E-state index in [0.717, 1.165) is 10.6 Å². The van der Waals surface area contributed by atoms with E-state index in [1.54, 1.807) is 22.9 Å². The minimum atomic E-state index is -0.0413. The third-order valence-electron chi connectivity index (χ3n) is 3.27. The lowest BCUT2D eigenvalue weighted by Gasteiger charge is -2.19. The van der Waals surface area contributed by atoms with Crippen molar-refractivity contribution in [1.82, 2.24) is 9.88 Å². The normalized spacial score (nSPS) is 10.5. The highest BCUT2D eigenvalue weighted by Gasteiger charge is 2.13. The first-order valence-electron chi connectivity index (χ1n) is 7.26. The fourth-order valence-corrected chi connectivity index (χ4v) is 2.88. The van der Waals surface area contributed by atoms with E-state index in [2.05, 4.69) is 4.98 Å². The molecule has 1 aromatic carbocycles. The largest absolute Gasteiger partial charge is 0.395 e. The Bertz CT molecular complexity index is 587. The Kier molecular flexibility index (Phi) is 6.43. The number of benzene rings is 1. The maximum Gasteiger partial charge on any atom is 0.253 e. The van der Waals surface area contributed by atoms with E-state index < -0.39 is 0 Å². The summed E-state index contributed by atoms with van der Waals surface area (Å²) in [6.45, 7) is 2.86. The second-order valence-electron chi connectivity index (χ2n) is 4.78. The standard InChI is InChI=1S/C17H20N2O2S/c1-2-19(10-11-20)17(21)15-5-7-16(8-6-15)22-13-14-4-3-9-18-12-14/h3-9,12,20H,2,10-11,13H2,1H3. The molecule has 0 aliphatic rings. The molecule has 0 saturated heterocycles. The number of hydrogen-bond donors (Lipinski definition) is 1. The van der Waals surface area contributed by atoms with Gasteiger partial charge in [-0.15, -0.1) is 11.8 Å². The molecule has 0 aliphatic heterocycles. The highest BCUT2D eigenvalue weighted by molar-refractivity contribution is 7.98. The molecule has 0 bridgehead atoms. The van der Waals surface area contributed by atoms with Crippen molar-refractivity contribution in [2.24, 2.45) is 0 Å². The smallest absolute Gasteiger partial charge is 0.253 e. The van der Waals surface area contributed by atoms with Crippen LogP contribution in [0.2, 0.25) is 0 Å². The van der Waals surface area contributed by atoms with Crippen LogP contribution in [0.15, 0.2) is 53.7 Å². The van der Waals surface area contributed by atoms with Gasteiger partial charge in [0.05, 0.1) is 6.61 Å². The van der Waals surface area contributed by atoms with Gasteiger partial charge in [-0.25, -0.2) is 0 Å². The van der Waals surface area contributed by atoms with Crippen LogP contribution in [0.3, 0.4) is 0 Å². The monoisotopic (exact) mass is 316 g/mol. The van der Waals surface area contributed by atoms with E-state index in [1.165, 1.54) is 5.56 Å². The molecule has 4 nitrogen and oxygen atoms in total. The fourth-order valence-electron chi connectivity index (χ4n) is 2.05. The Hall–Kier alpha value is -1.85. The average molecular weight is 316 g/mol. The van der Waals surface area contributed by atoms with Crippen LogP contribution in [0.4, 0.5) is 0 Å². The van der Waals surface area contributed by atoms with Crippen molar-refractivity contribution in [3.63, 3.8) is 0 Å². The SMILES string of the molecule is CCN(CCO)C(=O)c1ccc(SCc2cccnc2)cc1. The quantitative estimate of drug-likeness (QED) is 0.798. The molecular formula is C17H20N2O2S. The molecule has 5 heteroatoms. The maximum absolute atomic E-state index is 12.3. The summed E-state index contributed by atoms with van der Waals surface area (Å²) in [5.41, 5.74) is 1.83. The number of hydrogen-bond acceptors (Lipinski definition) is 4. The van der Waals surface area contributed by atoms with Gasteiger partial charge < -0.3 is 10.0 Å². The van der Waals surface area contributed by atoms with Crippen molar-refractivity contribution in [3.05, 3.63) is 59.9 Å². The van der Waals surface area contributed by atoms with Crippen LogP contribution >= 0.6 is 11.8 Å². The predicted octanol–water partition coefficient (Wildman–Crippen LogP) is 2.83. The second-order valence-corrected chi connectivity index (χ2v) is 5.83. The van der Waals surface area contributed by atoms with Crippen LogP contribution in [0.5, 0.6) is 0 Å². The van der Waals surface area contributed by atoms with Gasteiger partial charge in [0.1, 0.15) is 0 Å². The van der Waals surface area contributed by atoms with Gasteiger partial charge in [0.15, 0.2) is 0 Å². The van der Waals surface area contributed by atoms with Gasteiger partial charge in [0.25, 0.3) is 5.91 Å². The van der Waals surface area contributed by atoms with Crippen molar-refractivity contribution in [2.45, 2.75) is 17.6 Å². The number of pyridine rings is 1. The van der Waals surface area contributed by atoms with E-state index in [4.69, 9.17) is 5.11 Å². The lowest BCUT2D eigenvalue weighted by molar-refractivity contribution is 0.0732. The van der Waals surface area contributed by atoms with Gasteiger partial charge >= 0.3 is 0 Å². The predicted molar refractivity (Wildman–Crippen MR) is 88.9 cm³/mol. The molecule has 1 N–H and O–H groups in total. The topological polar surface area (TPSA) is 53.4 Å². The van der Waals surface area contributed by atoms with Crippen LogP contribution in [0, 0.1) is 0 Å². The lowest BCUT2D eigenvalue weighted by atomic mass is 10.2. The number of aliphatic hydroxyl groups excluding tert-OH is 1. The van der Waals surface area contributed by atoms with Gasteiger partial charge in [0.2, 0.25) is 0 Å². The minimum Gasteiger partial charge on any atom is -0.395 e. The molecule has 0 aliphatic carbocycles. The summed E-state index contributed by atoms with van der Waals surface area (Å²) in [5.74, 6) is 0.813. The van der Waals surface area contributed by atoms with Gasteiger partial charge in [0, 0.05) is 41.7 Å². The first-order valence-corrected chi connectivity index (χ1v) is 8.25. The van der Waals surface area contributed by atoms with Gasteiger partial charge in [-0.1, -0.05) is 6.07 Å². The van der Waals surface area contributed by atoms with Crippen LogP contribution in [0.25, 0.3) is 0 Å².